The van der Waals surface area contributed by atoms with Crippen molar-refractivity contribution < 1.29 is 9.47 Å². The Kier molecular flexibility index (Phi) is 12.4. The molecule has 8 heteroatoms. The van der Waals surface area contributed by atoms with Gasteiger partial charge in [-0.3, -0.25) is 9.97 Å². The Hall–Kier alpha value is -4.34. The first-order valence-corrected chi connectivity index (χ1v) is 19.2. The molecule has 4 atom stereocenters. The highest BCUT2D eigenvalue weighted by atomic mass is 16.5. The fourth-order valence-corrected chi connectivity index (χ4v) is 7.78. The maximum absolute atomic E-state index is 6.39. The molecule has 1 aliphatic heterocycles. The van der Waals surface area contributed by atoms with E-state index < -0.39 is 0 Å². The van der Waals surface area contributed by atoms with E-state index in [9.17, 15) is 0 Å². The molecule has 0 unspecified atom stereocenters. The minimum Gasteiger partial charge on any atom is -0.489 e. The molecular weight excluding hydrogens is 645 g/mol. The summed E-state index contributed by atoms with van der Waals surface area (Å²) in [6.45, 7) is 11.5. The molecule has 2 saturated carbocycles. The highest BCUT2D eigenvalue weighted by Crippen LogP contribution is 2.25. The van der Waals surface area contributed by atoms with Gasteiger partial charge in [0.05, 0.1) is 22.8 Å². The van der Waals surface area contributed by atoms with Crippen molar-refractivity contribution in [3.05, 3.63) is 131 Å². The average molecular weight is 699 g/mol. The summed E-state index contributed by atoms with van der Waals surface area (Å²) in [4.78, 5) is 10.3. The van der Waals surface area contributed by atoms with Gasteiger partial charge in [-0.25, -0.2) is 0 Å². The number of nitrogens with one attached hydrogen (secondary N) is 4. The number of hydrogen-bond acceptors (Lipinski definition) is 8. The number of aromatic nitrogens is 2. The molecule has 2 aliphatic carbocycles. The van der Waals surface area contributed by atoms with Gasteiger partial charge in [0.1, 0.15) is 24.7 Å². The molecule has 2 aromatic carbocycles. The Balaban J connectivity index is 1.10. The van der Waals surface area contributed by atoms with Crippen LogP contribution in [0.15, 0.2) is 86.0 Å². The topological polar surface area (TPSA) is 92.4 Å². The zero-order valence-corrected chi connectivity index (χ0v) is 30.4. The normalized spacial score (nSPS) is 22.5. The molecule has 3 heterocycles. The fraction of sp³-hybridized carbons (Fsp3) is 0.409. The van der Waals surface area contributed by atoms with Crippen molar-refractivity contribution in [3.8, 4) is 11.5 Å². The van der Waals surface area contributed by atoms with Crippen molar-refractivity contribution in [2.75, 3.05) is 0 Å². The average Bonchev–Trinajstić information content (AvgIpc) is 3.19. The third-order valence-electron chi connectivity index (χ3n) is 10.8. The molecule has 52 heavy (non-hydrogen) atoms. The van der Waals surface area contributed by atoms with Crippen LogP contribution in [0.4, 0.5) is 0 Å². The Morgan fingerprint density at radius 2 is 0.808 bits per heavy atom. The molecule has 2 fully saturated rings. The van der Waals surface area contributed by atoms with Crippen LogP contribution in [0.1, 0.15) is 96.4 Å². The summed E-state index contributed by atoms with van der Waals surface area (Å²) in [6.07, 6.45) is 13.1. The lowest BCUT2D eigenvalue weighted by atomic mass is 9.90. The minimum atomic E-state index is 0.339. The SMILES string of the molecule is C=Cc1ccc(COc2cc3nc(c2)CN[C@@H]2CCCC[C@H]2NCc2cc(OCc4ccc(C=C)cc4)cc(n2)CN[C@@H]2CCCC[C@H]2NC3)cc1. The number of pyridine rings is 2. The van der Waals surface area contributed by atoms with Crippen LogP contribution in [0.5, 0.6) is 11.5 Å². The van der Waals surface area contributed by atoms with Crippen LogP contribution in [-0.2, 0) is 39.4 Å². The Morgan fingerprint density at radius 1 is 0.500 bits per heavy atom. The molecule has 0 spiro atoms. The Morgan fingerprint density at radius 3 is 1.10 bits per heavy atom. The van der Waals surface area contributed by atoms with E-state index in [1.807, 2.05) is 12.2 Å². The van der Waals surface area contributed by atoms with Crippen molar-refractivity contribution in [1.82, 2.24) is 31.2 Å². The van der Waals surface area contributed by atoms with E-state index in [4.69, 9.17) is 19.4 Å². The number of rotatable bonds is 8. The van der Waals surface area contributed by atoms with Crippen LogP contribution in [0.25, 0.3) is 12.2 Å². The Bertz CT molecular complexity index is 1580. The van der Waals surface area contributed by atoms with Gasteiger partial charge >= 0.3 is 0 Å². The molecule has 0 amide bonds. The van der Waals surface area contributed by atoms with Crippen molar-refractivity contribution in [2.45, 2.75) is 115 Å². The van der Waals surface area contributed by atoms with Gasteiger partial charge in [0.2, 0.25) is 0 Å². The second kappa shape index (κ2) is 17.9. The monoisotopic (exact) mass is 698 g/mol. The number of fused-ring (bicyclic) bond motifs is 6. The van der Waals surface area contributed by atoms with Crippen molar-refractivity contribution in [3.63, 3.8) is 0 Å². The number of nitrogens with zero attached hydrogens (tertiary/aromatic N) is 2. The zero-order chi connectivity index (χ0) is 35.5. The third kappa shape index (κ3) is 9.95. The zero-order valence-electron chi connectivity index (χ0n) is 30.4. The van der Waals surface area contributed by atoms with Crippen LogP contribution in [0.2, 0.25) is 0 Å². The first-order valence-electron chi connectivity index (χ1n) is 19.2. The van der Waals surface area contributed by atoms with E-state index in [-0.39, 0.29) is 0 Å². The molecular formula is C44H54N6O2. The van der Waals surface area contributed by atoms with E-state index >= 15 is 0 Å². The quantitative estimate of drug-likeness (QED) is 0.150. The van der Waals surface area contributed by atoms with Crippen LogP contribution in [0.3, 0.4) is 0 Å². The molecule has 4 aromatic rings. The largest absolute Gasteiger partial charge is 0.489 e. The molecule has 3 aliphatic rings. The lowest BCUT2D eigenvalue weighted by molar-refractivity contribution is 0.274. The van der Waals surface area contributed by atoms with Gasteiger partial charge < -0.3 is 30.7 Å². The third-order valence-corrected chi connectivity index (χ3v) is 10.8. The molecule has 7 rings (SSSR count). The molecule has 4 N–H and O–H groups in total. The van der Waals surface area contributed by atoms with Crippen LogP contribution >= 0.6 is 0 Å². The van der Waals surface area contributed by atoms with E-state index in [2.05, 4.69) is 107 Å². The van der Waals surface area contributed by atoms with E-state index in [1.165, 1.54) is 25.7 Å². The molecule has 0 saturated heterocycles. The van der Waals surface area contributed by atoms with Gasteiger partial charge in [0.15, 0.2) is 0 Å². The summed E-state index contributed by atoms with van der Waals surface area (Å²) in [5.41, 5.74) is 8.52. The second-order valence-electron chi connectivity index (χ2n) is 14.6. The fourth-order valence-electron chi connectivity index (χ4n) is 7.78. The van der Waals surface area contributed by atoms with Crippen LogP contribution in [-0.4, -0.2) is 34.1 Å². The summed E-state index contributed by atoms with van der Waals surface area (Å²) in [5, 5.41) is 15.5. The second-order valence-corrected chi connectivity index (χ2v) is 14.6. The van der Waals surface area contributed by atoms with Gasteiger partial charge in [0.25, 0.3) is 0 Å². The highest BCUT2D eigenvalue weighted by molar-refractivity contribution is 5.48. The summed E-state index contributed by atoms with van der Waals surface area (Å²) < 4.78 is 12.8. The number of ether oxygens (including phenoxy) is 2. The lowest BCUT2D eigenvalue weighted by Gasteiger charge is -2.34. The van der Waals surface area contributed by atoms with Gasteiger partial charge in [-0.1, -0.05) is 99.5 Å². The molecule has 0 radical (unpaired) electrons. The first-order chi connectivity index (χ1) is 25.6. The van der Waals surface area contributed by atoms with Crippen molar-refractivity contribution >= 4 is 12.2 Å². The van der Waals surface area contributed by atoms with Crippen LogP contribution in [0, 0.1) is 0 Å². The maximum Gasteiger partial charge on any atom is 0.123 e. The summed E-state index contributed by atoms with van der Waals surface area (Å²) >= 11 is 0. The maximum atomic E-state index is 6.39. The summed E-state index contributed by atoms with van der Waals surface area (Å²) in [6, 6.07) is 26.5. The lowest BCUT2D eigenvalue weighted by Crippen LogP contribution is -2.50. The predicted molar refractivity (Wildman–Crippen MR) is 210 cm³/mol. The predicted octanol–water partition coefficient (Wildman–Crippen LogP) is 7.62. The molecule has 272 valence electrons. The van der Waals surface area contributed by atoms with Crippen molar-refractivity contribution in [2.24, 2.45) is 0 Å². The standard InChI is InChI=1S/C44H54N6O2/c1-3-31-13-17-33(18-14-31)29-51-39-21-35-25-45-41-9-5-7-11-43(41)47-27-37-23-40(52-30-34-19-15-32(4-2)16-20-34)24-38(50-37)28-48-44-12-8-6-10-42(44)46-26-36(22-39)49-35/h3-4,13-24,41-48H,1-2,5-12,25-30H2/t41-,42-,43-,44-/m1/s1. The van der Waals surface area contributed by atoms with Gasteiger partial charge in [-0.2, -0.15) is 0 Å². The molecule has 4 bridgehead atoms. The van der Waals surface area contributed by atoms with E-state index in [0.717, 1.165) is 82.2 Å². The van der Waals surface area contributed by atoms with Gasteiger partial charge in [-0.05, 0) is 47.9 Å². The molecule has 2 aromatic heterocycles. The number of hydrogen-bond donors (Lipinski definition) is 4. The van der Waals surface area contributed by atoms with Crippen LogP contribution < -0.4 is 30.7 Å². The minimum absolute atomic E-state index is 0.339. The highest BCUT2D eigenvalue weighted by Gasteiger charge is 2.27. The summed E-state index contributed by atoms with van der Waals surface area (Å²) in [7, 11) is 0. The van der Waals surface area contributed by atoms with E-state index in [0.29, 0.717) is 63.6 Å². The summed E-state index contributed by atoms with van der Waals surface area (Å²) in [5.74, 6) is 1.72. The van der Waals surface area contributed by atoms with Gasteiger partial charge in [-0.15, -0.1) is 0 Å². The smallest absolute Gasteiger partial charge is 0.123 e. The van der Waals surface area contributed by atoms with E-state index in [1.54, 1.807) is 0 Å². The Labute approximate surface area is 309 Å². The molecule has 8 nitrogen and oxygen atoms in total. The van der Waals surface area contributed by atoms with Gasteiger partial charge in [0, 0.05) is 74.6 Å². The van der Waals surface area contributed by atoms with Crippen molar-refractivity contribution in [1.29, 1.82) is 0 Å². The number of benzene rings is 2. The first kappa shape index (κ1) is 36.0.